The second-order valence-electron chi connectivity index (χ2n) is 4.98. The molecule has 1 saturated heterocycles. The van der Waals surface area contributed by atoms with Crippen molar-refractivity contribution in [3.05, 3.63) is 51.0 Å². The number of hydrazone groups is 1. The minimum absolute atomic E-state index is 0.0638. The molecule has 8 heteroatoms. The van der Waals surface area contributed by atoms with E-state index in [1.54, 1.807) is 17.1 Å². The van der Waals surface area contributed by atoms with E-state index >= 15 is 0 Å². The summed E-state index contributed by atoms with van der Waals surface area (Å²) in [5.41, 5.74) is 0.248. The third-order valence-corrected chi connectivity index (χ3v) is 3.76. The molecule has 23 heavy (non-hydrogen) atoms. The Hall–Kier alpha value is -2.45. The van der Waals surface area contributed by atoms with Crippen molar-refractivity contribution in [1.29, 1.82) is 0 Å². The number of ether oxygens (including phenoxy) is 1. The Bertz CT molecular complexity index is 823. The van der Waals surface area contributed by atoms with E-state index in [9.17, 15) is 9.90 Å². The zero-order valence-corrected chi connectivity index (χ0v) is 13.1. The van der Waals surface area contributed by atoms with E-state index in [-0.39, 0.29) is 16.2 Å². The van der Waals surface area contributed by atoms with Crippen molar-refractivity contribution in [2.24, 2.45) is 5.10 Å². The van der Waals surface area contributed by atoms with Crippen molar-refractivity contribution >= 4 is 18.4 Å². The predicted molar refractivity (Wildman–Crippen MR) is 88.9 cm³/mol. The maximum atomic E-state index is 12.1. The van der Waals surface area contributed by atoms with E-state index in [0.29, 0.717) is 32.0 Å². The minimum atomic E-state index is -0.475. The van der Waals surface area contributed by atoms with Crippen molar-refractivity contribution < 1.29 is 9.84 Å². The second kappa shape index (κ2) is 6.76. The standard InChI is InChI=1S/C15H16N4O3S/c20-13-12(10-16-18-6-8-22-9-7-18)14(21)19(15(23)17-13)11-4-2-1-3-5-11/h1-5,10,21H,6-9H2,(H,17,20,23). The summed E-state index contributed by atoms with van der Waals surface area (Å²) in [6.07, 6.45) is 1.35. The molecule has 1 aromatic heterocycles. The van der Waals surface area contributed by atoms with Crippen LogP contribution in [0.1, 0.15) is 5.56 Å². The van der Waals surface area contributed by atoms with Gasteiger partial charge in [-0.05, 0) is 24.4 Å². The van der Waals surface area contributed by atoms with Crippen LogP contribution in [-0.4, -0.2) is 52.2 Å². The summed E-state index contributed by atoms with van der Waals surface area (Å²) < 4.78 is 6.77. The molecule has 1 aliphatic heterocycles. The molecule has 0 unspecified atom stereocenters. The van der Waals surface area contributed by atoms with Gasteiger partial charge in [0, 0.05) is 0 Å². The van der Waals surface area contributed by atoms with Crippen LogP contribution in [0.2, 0.25) is 0 Å². The lowest BCUT2D eigenvalue weighted by Crippen LogP contribution is -2.32. The number of rotatable bonds is 3. The highest BCUT2D eigenvalue weighted by Crippen LogP contribution is 2.18. The van der Waals surface area contributed by atoms with Gasteiger partial charge in [0.1, 0.15) is 5.56 Å². The number of aromatic hydroxyl groups is 1. The molecular formula is C15H16N4O3S. The largest absolute Gasteiger partial charge is 0.494 e. The fourth-order valence-electron chi connectivity index (χ4n) is 2.28. The van der Waals surface area contributed by atoms with Gasteiger partial charge in [-0.1, -0.05) is 18.2 Å². The summed E-state index contributed by atoms with van der Waals surface area (Å²) in [5, 5.41) is 16.5. The van der Waals surface area contributed by atoms with Crippen molar-refractivity contribution in [1.82, 2.24) is 14.6 Å². The molecule has 0 amide bonds. The molecular weight excluding hydrogens is 316 g/mol. The number of benzene rings is 1. The van der Waals surface area contributed by atoms with E-state index in [2.05, 4.69) is 10.1 Å². The molecule has 2 heterocycles. The SMILES string of the molecule is O=c1[nH]c(=S)n(-c2ccccc2)c(O)c1C=NN1CCOCC1. The molecule has 2 N–H and O–H groups in total. The second-order valence-corrected chi connectivity index (χ2v) is 5.36. The number of nitrogens with one attached hydrogen (secondary N) is 1. The van der Waals surface area contributed by atoms with Crippen LogP contribution in [-0.2, 0) is 4.74 Å². The van der Waals surface area contributed by atoms with Crippen molar-refractivity contribution in [2.45, 2.75) is 0 Å². The average Bonchev–Trinajstić information content (AvgIpc) is 2.56. The first kappa shape index (κ1) is 15.4. The van der Waals surface area contributed by atoms with Gasteiger partial charge in [-0.3, -0.25) is 19.4 Å². The lowest BCUT2D eigenvalue weighted by molar-refractivity contribution is 0.0396. The smallest absolute Gasteiger partial charge is 0.264 e. The highest BCUT2D eigenvalue weighted by atomic mass is 32.1. The van der Waals surface area contributed by atoms with Gasteiger partial charge in [-0.15, -0.1) is 0 Å². The quantitative estimate of drug-likeness (QED) is 0.653. The monoisotopic (exact) mass is 332 g/mol. The summed E-state index contributed by atoms with van der Waals surface area (Å²) in [4.78, 5) is 14.6. The van der Waals surface area contributed by atoms with Crippen LogP contribution >= 0.6 is 12.2 Å². The molecule has 1 fully saturated rings. The van der Waals surface area contributed by atoms with Gasteiger partial charge in [0.25, 0.3) is 5.56 Å². The number of aromatic nitrogens is 2. The Kier molecular flexibility index (Phi) is 4.54. The number of nitrogens with zero attached hydrogens (tertiary/aromatic N) is 3. The number of aromatic amines is 1. The van der Waals surface area contributed by atoms with Crippen molar-refractivity contribution in [3.63, 3.8) is 0 Å². The molecule has 0 atom stereocenters. The van der Waals surface area contributed by atoms with Gasteiger partial charge in [0.05, 0.1) is 38.2 Å². The Morgan fingerprint density at radius 1 is 1.26 bits per heavy atom. The maximum absolute atomic E-state index is 12.1. The number of H-pyrrole nitrogens is 1. The van der Waals surface area contributed by atoms with Crippen molar-refractivity contribution in [2.75, 3.05) is 26.3 Å². The highest BCUT2D eigenvalue weighted by molar-refractivity contribution is 7.71. The van der Waals surface area contributed by atoms with Gasteiger partial charge < -0.3 is 9.84 Å². The lowest BCUT2D eigenvalue weighted by Gasteiger charge is -2.23. The molecule has 0 spiro atoms. The Labute approximate surface area is 137 Å². The first-order valence-electron chi connectivity index (χ1n) is 7.17. The van der Waals surface area contributed by atoms with E-state index < -0.39 is 5.56 Å². The van der Waals surface area contributed by atoms with E-state index in [4.69, 9.17) is 17.0 Å². The third kappa shape index (κ3) is 3.33. The fourth-order valence-corrected chi connectivity index (χ4v) is 2.56. The summed E-state index contributed by atoms with van der Waals surface area (Å²) in [6, 6.07) is 9.08. The van der Waals surface area contributed by atoms with Gasteiger partial charge in [-0.2, -0.15) is 5.10 Å². The third-order valence-electron chi connectivity index (χ3n) is 3.47. The Morgan fingerprint density at radius 2 is 1.96 bits per heavy atom. The number of hydrogen-bond donors (Lipinski definition) is 2. The summed E-state index contributed by atoms with van der Waals surface area (Å²) in [5.74, 6) is -0.234. The minimum Gasteiger partial charge on any atom is -0.494 e. The fraction of sp³-hybridized carbons (Fsp3) is 0.267. The van der Waals surface area contributed by atoms with Gasteiger partial charge in [0.15, 0.2) is 4.77 Å². The molecule has 3 rings (SSSR count). The molecule has 0 saturated carbocycles. The van der Waals surface area contributed by atoms with Crippen LogP contribution in [0.25, 0.3) is 5.69 Å². The zero-order chi connectivity index (χ0) is 16.2. The molecule has 7 nitrogen and oxygen atoms in total. The van der Waals surface area contributed by atoms with Crippen LogP contribution in [0.15, 0.2) is 40.2 Å². The number of para-hydroxylation sites is 1. The summed E-state index contributed by atoms with van der Waals surface area (Å²) in [7, 11) is 0. The van der Waals surface area contributed by atoms with Gasteiger partial charge >= 0.3 is 0 Å². The van der Waals surface area contributed by atoms with Gasteiger partial charge in [-0.25, -0.2) is 0 Å². The van der Waals surface area contributed by atoms with E-state index in [0.717, 1.165) is 0 Å². The predicted octanol–water partition coefficient (Wildman–Crippen LogP) is 1.27. The van der Waals surface area contributed by atoms with Crippen LogP contribution in [0, 0.1) is 4.77 Å². The first-order chi connectivity index (χ1) is 11.2. The number of morpholine rings is 1. The lowest BCUT2D eigenvalue weighted by atomic mass is 10.3. The maximum Gasteiger partial charge on any atom is 0.264 e. The van der Waals surface area contributed by atoms with Crippen LogP contribution in [0.3, 0.4) is 0 Å². The van der Waals surface area contributed by atoms with Crippen LogP contribution in [0.4, 0.5) is 0 Å². The van der Waals surface area contributed by atoms with Gasteiger partial charge in [0.2, 0.25) is 5.88 Å². The zero-order valence-electron chi connectivity index (χ0n) is 12.3. The van der Waals surface area contributed by atoms with Crippen LogP contribution in [0.5, 0.6) is 5.88 Å². The Balaban J connectivity index is 2.02. The van der Waals surface area contributed by atoms with Crippen LogP contribution < -0.4 is 5.56 Å². The summed E-state index contributed by atoms with van der Waals surface area (Å²) >= 11 is 5.15. The van der Waals surface area contributed by atoms with E-state index in [1.165, 1.54) is 10.8 Å². The Morgan fingerprint density at radius 3 is 2.65 bits per heavy atom. The molecule has 1 aliphatic rings. The first-order valence-corrected chi connectivity index (χ1v) is 7.58. The molecule has 1 aromatic carbocycles. The molecule has 0 radical (unpaired) electrons. The molecule has 120 valence electrons. The normalized spacial score (nSPS) is 15.2. The summed E-state index contributed by atoms with van der Waals surface area (Å²) in [6.45, 7) is 2.48. The molecule has 0 aliphatic carbocycles. The number of hydrogen-bond acceptors (Lipinski definition) is 6. The topological polar surface area (TPSA) is 82.8 Å². The highest BCUT2D eigenvalue weighted by Gasteiger charge is 2.13. The van der Waals surface area contributed by atoms with Crippen molar-refractivity contribution in [3.8, 4) is 11.6 Å². The molecule has 2 aromatic rings. The van der Waals surface area contributed by atoms with E-state index in [1.807, 2.05) is 18.2 Å². The molecule has 0 bridgehead atoms. The average molecular weight is 332 g/mol.